The molecule has 0 saturated carbocycles. The minimum absolute atomic E-state index is 0.0218. The third kappa shape index (κ3) is 2.97. The second-order valence-corrected chi connectivity index (χ2v) is 5.78. The van der Waals surface area contributed by atoms with Crippen molar-refractivity contribution in [3.05, 3.63) is 47.4 Å². The van der Waals surface area contributed by atoms with Gasteiger partial charge in [-0.05, 0) is 36.6 Å². The van der Waals surface area contributed by atoms with E-state index in [4.69, 9.17) is 19.6 Å². The van der Waals surface area contributed by atoms with E-state index in [9.17, 15) is 4.79 Å². The molecule has 3 rings (SSSR count). The number of likely N-dealkylation sites (tertiary alicyclic amines) is 1. The summed E-state index contributed by atoms with van der Waals surface area (Å²) in [5.74, 6) is 1.93. The maximum atomic E-state index is 12.8. The highest BCUT2D eigenvalue weighted by atomic mass is 16.5. The van der Waals surface area contributed by atoms with Crippen LogP contribution in [0.3, 0.4) is 0 Å². The van der Waals surface area contributed by atoms with E-state index in [0.29, 0.717) is 22.8 Å². The van der Waals surface area contributed by atoms with Gasteiger partial charge in [-0.3, -0.25) is 4.79 Å². The summed E-state index contributed by atoms with van der Waals surface area (Å²) < 4.78 is 16.0. The Balaban J connectivity index is 1.86. The predicted molar refractivity (Wildman–Crippen MR) is 89.2 cm³/mol. The molecular formula is C18H22N2O4. The van der Waals surface area contributed by atoms with E-state index in [1.165, 1.54) is 6.26 Å². The van der Waals surface area contributed by atoms with Crippen LogP contribution in [-0.2, 0) is 6.54 Å². The van der Waals surface area contributed by atoms with Crippen LogP contribution in [0.15, 0.2) is 34.9 Å². The smallest absolute Gasteiger partial charge is 0.257 e. The van der Waals surface area contributed by atoms with Gasteiger partial charge in [-0.1, -0.05) is 6.07 Å². The van der Waals surface area contributed by atoms with E-state index in [0.717, 1.165) is 24.9 Å². The number of furan rings is 1. The molecule has 2 aromatic rings. The standard InChI is InChI=1S/C18H22N2O4/c1-22-16-6-5-12(9-17(16)23-2)15-4-3-7-20(15)18(21)13-8-14(10-19)24-11-13/h5-6,8-9,11,15H,3-4,7,10,19H2,1-2H3. The monoisotopic (exact) mass is 330 g/mol. The number of methoxy groups -OCH3 is 2. The van der Waals surface area contributed by atoms with Crippen LogP contribution in [0.4, 0.5) is 0 Å². The number of carbonyl (C=O) groups excluding carboxylic acids is 1. The zero-order chi connectivity index (χ0) is 17.1. The maximum absolute atomic E-state index is 12.8. The van der Waals surface area contributed by atoms with Crippen LogP contribution in [0.5, 0.6) is 11.5 Å². The topological polar surface area (TPSA) is 77.9 Å². The van der Waals surface area contributed by atoms with Crippen molar-refractivity contribution < 1.29 is 18.7 Å². The number of ether oxygens (including phenoxy) is 2. The zero-order valence-corrected chi connectivity index (χ0v) is 14.0. The number of nitrogens with two attached hydrogens (primary N) is 1. The third-order valence-corrected chi connectivity index (χ3v) is 4.41. The molecule has 0 spiro atoms. The van der Waals surface area contributed by atoms with Crippen LogP contribution in [-0.4, -0.2) is 31.6 Å². The second-order valence-electron chi connectivity index (χ2n) is 5.78. The van der Waals surface area contributed by atoms with Gasteiger partial charge in [-0.15, -0.1) is 0 Å². The Morgan fingerprint density at radius 3 is 2.75 bits per heavy atom. The number of hydrogen-bond acceptors (Lipinski definition) is 5. The van der Waals surface area contributed by atoms with Gasteiger partial charge in [0.25, 0.3) is 5.91 Å². The molecule has 0 bridgehead atoms. The van der Waals surface area contributed by atoms with Crippen LogP contribution in [0, 0.1) is 0 Å². The Kier molecular flexibility index (Phi) is 4.76. The van der Waals surface area contributed by atoms with Crippen LogP contribution < -0.4 is 15.2 Å². The van der Waals surface area contributed by atoms with Gasteiger partial charge in [0, 0.05) is 6.54 Å². The van der Waals surface area contributed by atoms with Crippen LogP contribution in [0.1, 0.15) is 40.6 Å². The molecular weight excluding hydrogens is 308 g/mol. The lowest BCUT2D eigenvalue weighted by molar-refractivity contribution is 0.0734. The van der Waals surface area contributed by atoms with Gasteiger partial charge in [0.15, 0.2) is 11.5 Å². The molecule has 1 atom stereocenters. The SMILES string of the molecule is COc1ccc(C2CCCN2C(=O)c2coc(CN)c2)cc1OC. The Morgan fingerprint density at radius 1 is 1.29 bits per heavy atom. The van der Waals surface area contributed by atoms with Crippen molar-refractivity contribution in [2.24, 2.45) is 5.73 Å². The summed E-state index contributed by atoms with van der Waals surface area (Å²) in [5, 5.41) is 0. The number of rotatable bonds is 5. The molecule has 1 saturated heterocycles. The lowest BCUT2D eigenvalue weighted by Gasteiger charge is -2.25. The van der Waals surface area contributed by atoms with Gasteiger partial charge in [0.05, 0.1) is 32.4 Å². The van der Waals surface area contributed by atoms with Crippen molar-refractivity contribution in [1.29, 1.82) is 0 Å². The molecule has 0 aliphatic carbocycles. The van der Waals surface area contributed by atoms with Crippen molar-refractivity contribution in [1.82, 2.24) is 4.90 Å². The molecule has 1 aromatic carbocycles. The van der Waals surface area contributed by atoms with Gasteiger partial charge in [-0.2, -0.15) is 0 Å². The Morgan fingerprint density at radius 2 is 2.08 bits per heavy atom. The van der Waals surface area contributed by atoms with Gasteiger partial charge in [0.2, 0.25) is 0 Å². The third-order valence-electron chi connectivity index (χ3n) is 4.41. The number of hydrogen-bond donors (Lipinski definition) is 1. The lowest BCUT2D eigenvalue weighted by Crippen LogP contribution is -2.30. The molecule has 2 heterocycles. The van der Waals surface area contributed by atoms with Crippen molar-refractivity contribution in [3.63, 3.8) is 0 Å². The molecule has 1 aliphatic rings. The number of benzene rings is 1. The zero-order valence-electron chi connectivity index (χ0n) is 14.0. The van der Waals surface area contributed by atoms with Crippen LogP contribution in [0.2, 0.25) is 0 Å². The lowest BCUT2D eigenvalue weighted by atomic mass is 10.0. The minimum Gasteiger partial charge on any atom is -0.493 e. The van der Waals surface area contributed by atoms with Gasteiger partial charge in [0.1, 0.15) is 12.0 Å². The van der Waals surface area contributed by atoms with E-state index in [1.54, 1.807) is 20.3 Å². The molecule has 128 valence electrons. The number of amides is 1. The molecule has 1 amide bonds. The molecule has 1 unspecified atom stereocenters. The first kappa shape index (κ1) is 16.4. The molecule has 1 fully saturated rings. The summed E-state index contributed by atoms with van der Waals surface area (Å²) in [4.78, 5) is 14.7. The average Bonchev–Trinajstić information content (AvgIpc) is 3.29. The summed E-state index contributed by atoms with van der Waals surface area (Å²) in [6, 6.07) is 7.54. The summed E-state index contributed by atoms with van der Waals surface area (Å²) in [7, 11) is 3.22. The molecule has 1 aliphatic heterocycles. The molecule has 24 heavy (non-hydrogen) atoms. The predicted octanol–water partition coefficient (Wildman–Crippen LogP) is 2.73. The van der Waals surface area contributed by atoms with Crippen molar-refractivity contribution in [2.45, 2.75) is 25.4 Å². The molecule has 6 nitrogen and oxygen atoms in total. The molecule has 0 radical (unpaired) electrons. The number of nitrogens with zero attached hydrogens (tertiary/aromatic N) is 1. The van der Waals surface area contributed by atoms with Gasteiger partial charge < -0.3 is 24.5 Å². The first-order valence-corrected chi connectivity index (χ1v) is 7.98. The summed E-state index contributed by atoms with van der Waals surface area (Å²) >= 11 is 0. The molecule has 6 heteroatoms. The van der Waals surface area contributed by atoms with Crippen LogP contribution in [0.25, 0.3) is 0 Å². The highest BCUT2D eigenvalue weighted by Crippen LogP contribution is 2.37. The van der Waals surface area contributed by atoms with Crippen molar-refractivity contribution in [3.8, 4) is 11.5 Å². The first-order chi connectivity index (χ1) is 11.7. The minimum atomic E-state index is -0.0317. The normalized spacial score (nSPS) is 17.1. The quantitative estimate of drug-likeness (QED) is 0.912. The van der Waals surface area contributed by atoms with Crippen molar-refractivity contribution >= 4 is 5.91 Å². The fraction of sp³-hybridized carbons (Fsp3) is 0.389. The molecule has 1 aromatic heterocycles. The highest BCUT2D eigenvalue weighted by Gasteiger charge is 2.31. The van der Waals surface area contributed by atoms with Gasteiger partial charge in [-0.25, -0.2) is 0 Å². The number of carbonyl (C=O) groups is 1. The fourth-order valence-corrected chi connectivity index (χ4v) is 3.18. The largest absolute Gasteiger partial charge is 0.493 e. The van der Waals surface area contributed by atoms with Gasteiger partial charge >= 0.3 is 0 Å². The summed E-state index contributed by atoms with van der Waals surface area (Å²) in [6.07, 6.45) is 3.36. The maximum Gasteiger partial charge on any atom is 0.257 e. The Hall–Kier alpha value is -2.47. The highest BCUT2D eigenvalue weighted by molar-refractivity contribution is 5.94. The summed E-state index contributed by atoms with van der Waals surface area (Å²) in [5.41, 5.74) is 7.14. The van der Waals surface area contributed by atoms with E-state index < -0.39 is 0 Å². The Labute approximate surface area is 141 Å². The summed E-state index contributed by atoms with van der Waals surface area (Å²) in [6.45, 7) is 1.01. The first-order valence-electron chi connectivity index (χ1n) is 7.98. The second kappa shape index (κ2) is 6.97. The van der Waals surface area contributed by atoms with E-state index in [-0.39, 0.29) is 18.5 Å². The van der Waals surface area contributed by atoms with Crippen LogP contribution >= 0.6 is 0 Å². The van der Waals surface area contributed by atoms with E-state index in [1.807, 2.05) is 23.1 Å². The van der Waals surface area contributed by atoms with E-state index in [2.05, 4.69) is 0 Å². The average molecular weight is 330 g/mol. The van der Waals surface area contributed by atoms with E-state index >= 15 is 0 Å². The Bertz CT molecular complexity index is 726. The molecule has 2 N–H and O–H groups in total. The fourth-order valence-electron chi connectivity index (χ4n) is 3.18. The van der Waals surface area contributed by atoms with Crippen molar-refractivity contribution in [2.75, 3.05) is 20.8 Å².